The smallest absolute Gasteiger partial charge is 0.261 e. The van der Waals surface area contributed by atoms with E-state index in [0.29, 0.717) is 23.3 Å². The molecule has 2 unspecified atom stereocenters. The fraction of sp³-hybridized carbons (Fsp3) is 0.476. The molecule has 4 atom stereocenters. The lowest BCUT2D eigenvalue weighted by molar-refractivity contribution is 0.0631. The molecule has 4 fully saturated rings. The first-order chi connectivity index (χ1) is 12.7. The van der Waals surface area contributed by atoms with E-state index in [9.17, 15) is 9.59 Å². The van der Waals surface area contributed by atoms with Crippen LogP contribution >= 0.6 is 0 Å². The number of nitrogens with zero attached hydrogens (tertiary/aromatic N) is 2. The predicted octanol–water partition coefficient (Wildman–Crippen LogP) is 3.09. The molecule has 2 aliphatic heterocycles. The second kappa shape index (κ2) is 6.08. The highest BCUT2D eigenvalue weighted by molar-refractivity contribution is 5.94. The van der Waals surface area contributed by atoms with Crippen molar-refractivity contribution in [1.29, 1.82) is 0 Å². The number of carbonyl (C=O) groups excluding carboxylic acids is 1. The lowest BCUT2D eigenvalue weighted by Crippen LogP contribution is -2.43. The van der Waals surface area contributed by atoms with Crippen LogP contribution in [-0.2, 0) is 0 Å². The highest BCUT2D eigenvalue weighted by atomic mass is 16.2. The Labute approximate surface area is 152 Å². The second-order valence-corrected chi connectivity index (χ2v) is 8.22. The van der Waals surface area contributed by atoms with Gasteiger partial charge in [-0.1, -0.05) is 6.07 Å². The van der Waals surface area contributed by atoms with Gasteiger partial charge in [0.1, 0.15) is 5.56 Å². The number of rotatable bonds is 2. The topological polar surface area (TPSA) is 66.1 Å². The van der Waals surface area contributed by atoms with E-state index in [-0.39, 0.29) is 17.0 Å². The molecular weight excluding hydrogens is 326 g/mol. The molecule has 5 nitrogen and oxygen atoms in total. The van der Waals surface area contributed by atoms with Crippen LogP contribution in [0.25, 0.3) is 11.4 Å². The Bertz CT molecular complexity index is 878. The SMILES string of the molecule is O=C(c1ccc(-c2ccccn2)[nH]c1=O)N1CC2C[C@@H]3CC1C[C@H](C2)C3. The average molecular weight is 349 g/mol. The van der Waals surface area contributed by atoms with Gasteiger partial charge < -0.3 is 9.88 Å². The van der Waals surface area contributed by atoms with Gasteiger partial charge in [-0.2, -0.15) is 0 Å². The summed E-state index contributed by atoms with van der Waals surface area (Å²) in [6.07, 6.45) is 7.77. The molecule has 0 radical (unpaired) electrons. The number of carbonyl (C=O) groups is 1. The van der Waals surface area contributed by atoms with Gasteiger partial charge in [0, 0.05) is 18.8 Å². The maximum atomic E-state index is 13.2. The summed E-state index contributed by atoms with van der Waals surface area (Å²) in [6.45, 7) is 0.817. The number of H-pyrrole nitrogens is 1. The summed E-state index contributed by atoms with van der Waals surface area (Å²) in [7, 11) is 0. The molecule has 2 aromatic heterocycles. The maximum Gasteiger partial charge on any atom is 0.261 e. The van der Waals surface area contributed by atoms with Gasteiger partial charge in [-0.15, -0.1) is 0 Å². The summed E-state index contributed by atoms with van der Waals surface area (Å²) in [5, 5.41) is 0. The summed E-state index contributed by atoms with van der Waals surface area (Å²) in [5.74, 6) is 2.07. The van der Waals surface area contributed by atoms with Gasteiger partial charge in [0.25, 0.3) is 11.5 Å². The third kappa shape index (κ3) is 2.66. The molecular formula is C21H23N3O2. The molecule has 4 heterocycles. The van der Waals surface area contributed by atoms with E-state index in [0.717, 1.165) is 31.2 Å². The Hall–Kier alpha value is -2.43. The minimum Gasteiger partial charge on any atom is -0.335 e. The Morgan fingerprint density at radius 3 is 2.46 bits per heavy atom. The first kappa shape index (κ1) is 15.8. The van der Waals surface area contributed by atoms with E-state index in [4.69, 9.17) is 0 Å². The number of aromatic amines is 1. The van der Waals surface area contributed by atoms with Crippen LogP contribution in [0.4, 0.5) is 0 Å². The molecule has 4 aliphatic rings. The van der Waals surface area contributed by atoms with Crippen LogP contribution in [-0.4, -0.2) is 33.4 Å². The van der Waals surface area contributed by atoms with Gasteiger partial charge in [0.05, 0.1) is 11.4 Å². The van der Waals surface area contributed by atoms with Crippen molar-refractivity contribution < 1.29 is 4.79 Å². The van der Waals surface area contributed by atoms with Crippen molar-refractivity contribution in [2.24, 2.45) is 17.8 Å². The number of pyridine rings is 2. The van der Waals surface area contributed by atoms with Gasteiger partial charge in [-0.25, -0.2) is 0 Å². The van der Waals surface area contributed by atoms with Gasteiger partial charge in [-0.05, 0) is 74.1 Å². The zero-order valence-electron chi connectivity index (χ0n) is 14.7. The number of hydrogen-bond donors (Lipinski definition) is 1. The largest absolute Gasteiger partial charge is 0.335 e. The summed E-state index contributed by atoms with van der Waals surface area (Å²) < 4.78 is 0. The zero-order chi connectivity index (χ0) is 17.7. The predicted molar refractivity (Wildman–Crippen MR) is 98.7 cm³/mol. The molecule has 1 amide bonds. The van der Waals surface area contributed by atoms with Crippen molar-refractivity contribution in [2.75, 3.05) is 6.54 Å². The first-order valence-electron chi connectivity index (χ1n) is 9.63. The molecule has 2 saturated carbocycles. The van der Waals surface area contributed by atoms with Crippen LogP contribution < -0.4 is 5.56 Å². The summed E-state index contributed by atoms with van der Waals surface area (Å²) >= 11 is 0. The summed E-state index contributed by atoms with van der Waals surface area (Å²) in [5.41, 5.74) is 1.28. The molecule has 0 spiro atoms. The molecule has 134 valence electrons. The number of fused-ring (bicyclic) bond motifs is 1. The molecule has 5 heteroatoms. The van der Waals surface area contributed by atoms with E-state index in [1.54, 1.807) is 18.3 Å². The number of nitrogens with one attached hydrogen (secondary N) is 1. The lowest BCUT2D eigenvalue weighted by Gasteiger charge is -2.38. The summed E-state index contributed by atoms with van der Waals surface area (Å²) in [6, 6.07) is 9.33. The van der Waals surface area contributed by atoms with E-state index in [1.807, 2.05) is 23.1 Å². The normalized spacial score (nSPS) is 29.6. The Morgan fingerprint density at radius 2 is 1.77 bits per heavy atom. The molecule has 0 aromatic carbocycles. The maximum absolute atomic E-state index is 13.2. The van der Waals surface area contributed by atoms with Crippen molar-refractivity contribution in [3.05, 3.63) is 52.4 Å². The Kier molecular flexibility index (Phi) is 3.69. The van der Waals surface area contributed by atoms with Crippen LogP contribution in [0, 0.1) is 17.8 Å². The number of aromatic nitrogens is 2. The molecule has 4 bridgehead atoms. The van der Waals surface area contributed by atoms with E-state index < -0.39 is 0 Å². The standard InChI is InChI=1S/C21H23N3O2/c25-20-17(4-5-19(23-20)18-3-1-2-6-22-18)21(26)24-12-15-8-13-7-14(9-15)11-16(24)10-13/h1-6,13-16H,7-12H2,(H,23,25)/t13-,14+,15?,16?. The van der Waals surface area contributed by atoms with Gasteiger partial charge in [0.15, 0.2) is 0 Å². The van der Waals surface area contributed by atoms with E-state index in [1.165, 1.54) is 19.3 Å². The number of hydrogen-bond acceptors (Lipinski definition) is 3. The van der Waals surface area contributed by atoms with Crippen LogP contribution in [0.5, 0.6) is 0 Å². The molecule has 1 N–H and O–H groups in total. The minimum absolute atomic E-state index is 0.1000. The fourth-order valence-electron chi connectivity index (χ4n) is 5.50. The molecule has 2 aliphatic carbocycles. The van der Waals surface area contributed by atoms with Gasteiger partial charge >= 0.3 is 0 Å². The quantitative estimate of drug-likeness (QED) is 0.906. The molecule has 6 rings (SSSR count). The second-order valence-electron chi connectivity index (χ2n) is 8.22. The third-order valence-corrected chi connectivity index (χ3v) is 6.45. The molecule has 2 aromatic rings. The van der Waals surface area contributed by atoms with Crippen molar-refractivity contribution >= 4 is 5.91 Å². The van der Waals surface area contributed by atoms with Gasteiger partial charge in [-0.3, -0.25) is 14.6 Å². The first-order valence-corrected chi connectivity index (χ1v) is 9.63. The molecule has 2 saturated heterocycles. The number of amides is 1. The Morgan fingerprint density at radius 1 is 1.00 bits per heavy atom. The fourth-order valence-corrected chi connectivity index (χ4v) is 5.50. The van der Waals surface area contributed by atoms with Crippen molar-refractivity contribution in [1.82, 2.24) is 14.9 Å². The third-order valence-electron chi connectivity index (χ3n) is 6.45. The Balaban J connectivity index is 1.45. The zero-order valence-corrected chi connectivity index (χ0v) is 14.7. The van der Waals surface area contributed by atoms with Crippen LogP contribution in [0.15, 0.2) is 41.3 Å². The molecule has 26 heavy (non-hydrogen) atoms. The van der Waals surface area contributed by atoms with E-state index in [2.05, 4.69) is 9.97 Å². The van der Waals surface area contributed by atoms with Gasteiger partial charge in [0.2, 0.25) is 0 Å². The minimum atomic E-state index is -0.317. The lowest BCUT2D eigenvalue weighted by atomic mass is 9.68. The van der Waals surface area contributed by atoms with Crippen LogP contribution in [0.2, 0.25) is 0 Å². The van der Waals surface area contributed by atoms with Crippen molar-refractivity contribution in [3.8, 4) is 11.4 Å². The van der Waals surface area contributed by atoms with Crippen molar-refractivity contribution in [2.45, 2.75) is 38.1 Å². The van der Waals surface area contributed by atoms with E-state index >= 15 is 0 Å². The average Bonchev–Trinajstić information content (AvgIpc) is 2.85. The highest BCUT2D eigenvalue weighted by Gasteiger charge is 2.44. The monoisotopic (exact) mass is 349 g/mol. The van der Waals surface area contributed by atoms with Crippen LogP contribution in [0.3, 0.4) is 0 Å². The van der Waals surface area contributed by atoms with Crippen LogP contribution in [0.1, 0.15) is 42.5 Å². The summed E-state index contributed by atoms with van der Waals surface area (Å²) in [4.78, 5) is 34.9. The van der Waals surface area contributed by atoms with Crippen molar-refractivity contribution in [3.63, 3.8) is 0 Å². The highest BCUT2D eigenvalue weighted by Crippen LogP contribution is 2.47.